The van der Waals surface area contributed by atoms with Crippen LogP contribution in [0.25, 0.3) is 55.5 Å². The second kappa shape index (κ2) is 7.74. The summed E-state index contributed by atoms with van der Waals surface area (Å²) in [5.74, 6) is 2.37. The first-order valence-corrected chi connectivity index (χ1v) is 10.4. The Labute approximate surface area is 202 Å². The summed E-state index contributed by atoms with van der Waals surface area (Å²) in [6.07, 6.45) is 5.44. The molecule has 162 valence electrons. The van der Waals surface area contributed by atoms with E-state index in [2.05, 4.69) is 40.8 Å². The molecule has 0 bridgehead atoms. The van der Waals surface area contributed by atoms with E-state index in [0.717, 1.165) is 16.5 Å². The highest BCUT2D eigenvalue weighted by Crippen LogP contribution is 2.28. The molecule has 0 unspecified atom stereocenters. The Kier molecular flexibility index (Phi) is 4.41. The summed E-state index contributed by atoms with van der Waals surface area (Å²) < 4.78 is 0. The van der Waals surface area contributed by atoms with Crippen LogP contribution < -0.4 is 0 Å². The number of nitrogens with zero attached hydrogens (tertiary/aromatic N) is 10. The van der Waals surface area contributed by atoms with Crippen LogP contribution in [-0.4, -0.2) is 34.9 Å². The van der Waals surface area contributed by atoms with E-state index in [1.54, 1.807) is 6.07 Å². The Bertz CT molecular complexity index is 1950. The number of terminal acetylenes is 1. The molecule has 0 radical (unpaired) electrons. The Hall–Kier alpha value is -6.10. The Morgan fingerprint density at radius 3 is 1.72 bits per heavy atom. The summed E-state index contributed by atoms with van der Waals surface area (Å²) in [4.78, 5) is 30.3. The van der Waals surface area contributed by atoms with Gasteiger partial charge in [-0.05, 0) is 47.4 Å². The van der Waals surface area contributed by atoms with Crippen LogP contribution in [0.4, 0.5) is 0 Å². The highest BCUT2D eigenvalue weighted by atomic mass is 15.0. The van der Waals surface area contributed by atoms with Crippen molar-refractivity contribution in [3.05, 3.63) is 65.2 Å². The van der Waals surface area contributed by atoms with Gasteiger partial charge in [0, 0.05) is 5.39 Å². The van der Waals surface area contributed by atoms with Crippen LogP contribution in [-0.2, 0) is 0 Å². The molecular formula is C26H8N10. The maximum absolute atomic E-state index is 9.31. The van der Waals surface area contributed by atoms with Crippen molar-refractivity contribution in [2.24, 2.45) is 0 Å². The summed E-state index contributed by atoms with van der Waals surface area (Å²) in [7, 11) is 0. The number of hydrogen-bond donors (Lipinski definition) is 0. The van der Waals surface area contributed by atoms with Gasteiger partial charge in [0.05, 0.1) is 16.6 Å². The van der Waals surface area contributed by atoms with Crippen LogP contribution in [0, 0.1) is 46.3 Å². The molecule has 0 N–H and O–H groups in total. The molecular weight excluding hydrogens is 452 g/mol. The minimum atomic E-state index is -0.0962. The van der Waals surface area contributed by atoms with E-state index < -0.39 is 0 Å². The fourth-order valence-electron chi connectivity index (χ4n) is 3.85. The number of aromatic nitrogens is 7. The standard InChI is InChI=1S/C26H8N10/c1-2-16-21(10-27)30-20-9-15-7-13(3-5-17(15)32-24(20)31-16)14-4-6-18-19(8-14)34-26-25(33-18)35-22(11-28)23(12-29)36-26/h1,3-9H. The van der Waals surface area contributed by atoms with E-state index in [4.69, 9.17) is 6.42 Å². The molecule has 0 amide bonds. The highest BCUT2D eigenvalue weighted by Gasteiger charge is 2.13. The number of fused-ring (bicyclic) bond motifs is 4. The number of nitriles is 3. The zero-order chi connectivity index (χ0) is 24.8. The van der Waals surface area contributed by atoms with E-state index in [1.165, 1.54) is 0 Å². The van der Waals surface area contributed by atoms with Gasteiger partial charge in [0.25, 0.3) is 0 Å². The van der Waals surface area contributed by atoms with Gasteiger partial charge in [-0.15, -0.1) is 6.42 Å². The molecule has 0 aliphatic carbocycles. The van der Waals surface area contributed by atoms with Crippen molar-refractivity contribution in [2.75, 3.05) is 0 Å². The van der Waals surface area contributed by atoms with Gasteiger partial charge in [-0.25, -0.2) is 34.9 Å². The summed E-state index contributed by atoms with van der Waals surface area (Å²) in [6, 6.07) is 18.8. The van der Waals surface area contributed by atoms with Gasteiger partial charge in [-0.1, -0.05) is 12.1 Å². The Morgan fingerprint density at radius 1 is 0.500 bits per heavy atom. The van der Waals surface area contributed by atoms with Crippen LogP contribution in [0.15, 0.2) is 42.5 Å². The zero-order valence-corrected chi connectivity index (χ0v) is 18.1. The molecule has 0 atom stereocenters. The molecule has 10 heteroatoms. The Balaban J connectivity index is 1.49. The van der Waals surface area contributed by atoms with Gasteiger partial charge >= 0.3 is 0 Å². The molecule has 6 aromatic rings. The van der Waals surface area contributed by atoms with E-state index >= 15 is 0 Å². The molecule has 6 rings (SSSR count). The van der Waals surface area contributed by atoms with Gasteiger partial charge in [0.1, 0.15) is 23.7 Å². The largest absolute Gasteiger partial charge is 0.231 e. The summed E-state index contributed by atoms with van der Waals surface area (Å²) >= 11 is 0. The third-order valence-corrected chi connectivity index (χ3v) is 5.53. The van der Waals surface area contributed by atoms with Crippen molar-refractivity contribution < 1.29 is 0 Å². The average Bonchev–Trinajstić information content (AvgIpc) is 2.92. The molecule has 4 aromatic heterocycles. The topological polar surface area (TPSA) is 162 Å². The lowest BCUT2D eigenvalue weighted by molar-refractivity contribution is 1.14. The SMILES string of the molecule is C#Cc1nc2nc3ccc(-c4ccc5nc6nc(C#N)c(C#N)nc6nc5c4)cc3cc2nc1C#N. The third kappa shape index (κ3) is 3.16. The van der Waals surface area contributed by atoms with Crippen molar-refractivity contribution in [2.45, 2.75) is 0 Å². The first-order chi connectivity index (χ1) is 17.6. The monoisotopic (exact) mass is 460 g/mol. The molecule has 0 saturated carbocycles. The van der Waals surface area contributed by atoms with Crippen molar-refractivity contribution in [1.82, 2.24) is 34.9 Å². The van der Waals surface area contributed by atoms with Crippen LogP contribution in [0.1, 0.15) is 22.8 Å². The lowest BCUT2D eigenvalue weighted by atomic mass is 10.0. The van der Waals surface area contributed by atoms with Crippen molar-refractivity contribution in [3.63, 3.8) is 0 Å². The number of rotatable bonds is 1. The fourth-order valence-corrected chi connectivity index (χ4v) is 3.85. The number of pyridine rings is 1. The molecule has 0 spiro atoms. The number of benzene rings is 2. The molecule has 36 heavy (non-hydrogen) atoms. The van der Waals surface area contributed by atoms with Crippen molar-refractivity contribution in [1.29, 1.82) is 15.8 Å². The fraction of sp³-hybridized carbons (Fsp3) is 0. The maximum atomic E-state index is 9.31. The van der Waals surface area contributed by atoms with Crippen LogP contribution in [0.3, 0.4) is 0 Å². The molecule has 0 aliphatic rings. The van der Waals surface area contributed by atoms with Crippen LogP contribution in [0.2, 0.25) is 0 Å². The van der Waals surface area contributed by atoms with E-state index in [9.17, 15) is 15.8 Å². The highest BCUT2D eigenvalue weighted by molar-refractivity contribution is 5.93. The average molecular weight is 460 g/mol. The summed E-state index contributed by atoms with van der Waals surface area (Å²) in [5.41, 5.74) is 4.86. The predicted octanol–water partition coefficient (Wildman–Crippen LogP) is 3.33. The van der Waals surface area contributed by atoms with Crippen molar-refractivity contribution in [3.8, 4) is 41.7 Å². The van der Waals surface area contributed by atoms with Crippen LogP contribution in [0.5, 0.6) is 0 Å². The normalized spacial score (nSPS) is 10.7. The lowest BCUT2D eigenvalue weighted by Crippen LogP contribution is -2.00. The number of hydrogen-bond acceptors (Lipinski definition) is 10. The lowest BCUT2D eigenvalue weighted by Gasteiger charge is -2.07. The molecule has 0 aliphatic heterocycles. The second-order valence-electron chi connectivity index (χ2n) is 7.63. The van der Waals surface area contributed by atoms with Crippen molar-refractivity contribution >= 4 is 44.4 Å². The van der Waals surface area contributed by atoms with E-state index in [-0.39, 0.29) is 34.1 Å². The van der Waals surface area contributed by atoms with Gasteiger partial charge in [-0.3, -0.25) is 0 Å². The zero-order valence-electron chi connectivity index (χ0n) is 18.1. The summed E-state index contributed by atoms with van der Waals surface area (Å²) in [6.45, 7) is 0. The van der Waals surface area contributed by atoms with Gasteiger partial charge < -0.3 is 0 Å². The molecule has 4 heterocycles. The van der Waals surface area contributed by atoms with E-state index in [1.807, 2.05) is 54.6 Å². The summed E-state index contributed by atoms with van der Waals surface area (Å²) in [5, 5.41) is 28.5. The molecule has 10 nitrogen and oxygen atoms in total. The Morgan fingerprint density at radius 2 is 1.06 bits per heavy atom. The minimum Gasteiger partial charge on any atom is -0.231 e. The third-order valence-electron chi connectivity index (χ3n) is 5.53. The van der Waals surface area contributed by atoms with Gasteiger partial charge in [0.15, 0.2) is 39.7 Å². The van der Waals surface area contributed by atoms with Crippen LogP contribution >= 0.6 is 0 Å². The quantitative estimate of drug-likeness (QED) is 0.263. The molecule has 0 fully saturated rings. The first kappa shape index (κ1) is 20.5. The maximum Gasteiger partial charge on any atom is 0.199 e. The molecule has 2 aromatic carbocycles. The smallest absolute Gasteiger partial charge is 0.199 e. The first-order valence-electron chi connectivity index (χ1n) is 10.4. The minimum absolute atomic E-state index is 0.0761. The van der Waals surface area contributed by atoms with E-state index in [0.29, 0.717) is 27.7 Å². The predicted molar refractivity (Wildman–Crippen MR) is 129 cm³/mol. The van der Waals surface area contributed by atoms with Gasteiger partial charge in [0.2, 0.25) is 0 Å². The molecule has 0 saturated heterocycles. The van der Waals surface area contributed by atoms with Gasteiger partial charge in [-0.2, -0.15) is 15.8 Å². The second-order valence-corrected chi connectivity index (χ2v) is 7.63.